The van der Waals surface area contributed by atoms with Crippen LogP contribution in [0.4, 0.5) is 0 Å². The lowest BCUT2D eigenvalue weighted by atomic mass is 10.0. The van der Waals surface area contributed by atoms with Crippen molar-refractivity contribution in [2.24, 2.45) is 0 Å². The molecule has 0 aliphatic carbocycles. The summed E-state index contributed by atoms with van der Waals surface area (Å²) in [4.78, 5) is 39.6. The smallest absolute Gasteiger partial charge is 0.243 e. The Kier molecular flexibility index (Phi) is 7.45. The van der Waals surface area contributed by atoms with Gasteiger partial charge in [-0.1, -0.05) is 48.5 Å². The number of H-pyrrole nitrogens is 1. The second-order valence-corrected chi connectivity index (χ2v) is 7.06. The van der Waals surface area contributed by atoms with E-state index in [4.69, 9.17) is 11.6 Å². The number of hydrogen-bond donors (Lipinski definition) is 4. The van der Waals surface area contributed by atoms with E-state index in [1.165, 1.54) is 0 Å². The van der Waals surface area contributed by atoms with Gasteiger partial charge in [-0.15, -0.1) is 11.6 Å². The molecule has 1 atom stereocenters. The van der Waals surface area contributed by atoms with Crippen LogP contribution in [0.15, 0.2) is 60.8 Å². The number of carbonyl (C=O) groups is 3. The first-order valence-corrected chi connectivity index (χ1v) is 10.1. The molecule has 2 aromatic carbocycles. The van der Waals surface area contributed by atoms with E-state index < -0.39 is 17.9 Å². The summed E-state index contributed by atoms with van der Waals surface area (Å²) in [5.74, 6) is -1.45. The monoisotopic (exact) mass is 426 g/mol. The zero-order valence-electron chi connectivity index (χ0n) is 16.3. The van der Waals surface area contributed by atoms with Crippen LogP contribution in [0.1, 0.15) is 11.1 Å². The molecule has 0 fully saturated rings. The number of aromatic nitrogens is 1. The summed E-state index contributed by atoms with van der Waals surface area (Å²) in [5, 5.41) is 8.97. The standard InChI is InChI=1S/C22H23ClN4O3/c23-11-20(28)25-14-21(29)27-19(22(30)26-12-15-6-2-1-3-7-15)10-16-13-24-18-9-5-4-8-17(16)18/h1-9,13,19,24H,10-12,14H2,(H,25,28)(H,26,30)(H,27,29)/t19-/m0/s1. The predicted octanol–water partition coefficient (Wildman–Crippen LogP) is 1.87. The highest BCUT2D eigenvalue weighted by molar-refractivity contribution is 6.27. The van der Waals surface area contributed by atoms with E-state index in [-0.39, 0.29) is 18.3 Å². The number of para-hydroxylation sites is 1. The van der Waals surface area contributed by atoms with Crippen molar-refractivity contribution >= 4 is 40.2 Å². The van der Waals surface area contributed by atoms with Gasteiger partial charge in [0.05, 0.1) is 6.54 Å². The summed E-state index contributed by atoms with van der Waals surface area (Å²) in [6.07, 6.45) is 2.14. The molecule has 1 aromatic heterocycles. The maximum absolute atomic E-state index is 12.9. The fourth-order valence-electron chi connectivity index (χ4n) is 3.11. The average Bonchev–Trinajstić information content (AvgIpc) is 3.19. The molecule has 30 heavy (non-hydrogen) atoms. The highest BCUT2D eigenvalue weighted by atomic mass is 35.5. The van der Waals surface area contributed by atoms with Gasteiger partial charge < -0.3 is 20.9 Å². The third-order valence-corrected chi connectivity index (χ3v) is 4.87. The molecule has 0 spiro atoms. The molecule has 0 aliphatic heterocycles. The molecular formula is C22H23ClN4O3. The minimum absolute atomic E-state index is 0.233. The van der Waals surface area contributed by atoms with Crippen molar-refractivity contribution < 1.29 is 14.4 Å². The maximum atomic E-state index is 12.9. The van der Waals surface area contributed by atoms with Gasteiger partial charge in [0.25, 0.3) is 0 Å². The second-order valence-electron chi connectivity index (χ2n) is 6.80. The molecule has 3 amide bonds. The highest BCUT2D eigenvalue weighted by Crippen LogP contribution is 2.19. The van der Waals surface area contributed by atoms with Crippen LogP contribution in [0.5, 0.6) is 0 Å². The summed E-state index contributed by atoms with van der Waals surface area (Å²) >= 11 is 5.43. The SMILES string of the molecule is O=C(CCl)NCC(=O)N[C@@H](Cc1c[nH]c2ccccc12)C(=O)NCc1ccccc1. The molecule has 1 heterocycles. The van der Waals surface area contributed by atoms with E-state index >= 15 is 0 Å². The van der Waals surface area contributed by atoms with Crippen LogP contribution in [-0.2, 0) is 27.3 Å². The van der Waals surface area contributed by atoms with Crippen LogP contribution in [0.25, 0.3) is 10.9 Å². The lowest BCUT2D eigenvalue weighted by Gasteiger charge is -2.19. The zero-order valence-corrected chi connectivity index (χ0v) is 17.0. The van der Waals surface area contributed by atoms with Crippen LogP contribution in [0, 0.1) is 0 Å². The van der Waals surface area contributed by atoms with Crippen LogP contribution < -0.4 is 16.0 Å². The van der Waals surface area contributed by atoms with Crippen molar-refractivity contribution in [2.45, 2.75) is 19.0 Å². The summed E-state index contributed by atoms with van der Waals surface area (Å²) < 4.78 is 0. The Balaban J connectivity index is 1.70. The third-order valence-electron chi connectivity index (χ3n) is 4.63. The quantitative estimate of drug-likeness (QED) is 0.393. The minimum Gasteiger partial charge on any atom is -0.361 e. The number of amides is 3. The molecule has 3 rings (SSSR count). The van der Waals surface area contributed by atoms with Crippen LogP contribution in [0.2, 0.25) is 0 Å². The molecule has 0 saturated heterocycles. The summed E-state index contributed by atoms with van der Waals surface area (Å²) in [5.41, 5.74) is 2.82. The highest BCUT2D eigenvalue weighted by Gasteiger charge is 2.22. The van der Waals surface area contributed by atoms with Crippen LogP contribution >= 0.6 is 11.6 Å². The summed E-state index contributed by atoms with van der Waals surface area (Å²) in [6, 6.07) is 16.5. The molecule has 0 saturated carbocycles. The van der Waals surface area contributed by atoms with E-state index in [1.807, 2.05) is 60.8 Å². The number of carbonyl (C=O) groups excluding carboxylic acids is 3. The fraction of sp³-hybridized carbons (Fsp3) is 0.227. The normalized spacial score (nSPS) is 11.6. The van der Waals surface area contributed by atoms with Gasteiger partial charge in [-0.3, -0.25) is 14.4 Å². The number of alkyl halides is 1. The van der Waals surface area contributed by atoms with Gasteiger partial charge in [0, 0.05) is 30.1 Å². The van der Waals surface area contributed by atoms with Crippen molar-refractivity contribution in [3.8, 4) is 0 Å². The Morgan fingerprint density at radius 1 is 0.933 bits per heavy atom. The van der Waals surface area contributed by atoms with E-state index in [2.05, 4.69) is 20.9 Å². The number of nitrogens with one attached hydrogen (secondary N) is 4. The number of fused-ring (bicyclic) bond motifs is 1. The van der Waals surface area contributed by atoms with E-state index in [0.717, 1.165) is 22.0 Å². The number of rotatable bonds is 9. The number of aromatic amines is 1. The Hall–Kier alpha value is -3.32. The molecule has 0 bridgehead atoms. The Labute approximate surface area is 179 Å². The molecule has 3 aromatic rings. The first-order chi connectivity index (χ1) is 14.6. The van der Waals surface area contributed by atoms with Crippen LogP contribution in [0.3, 0.4) is 0 Å². The Morgan fingerprint density at radius 2 is 1.67 bits per heavy atom. The largest absolute Gasteiger partial charge is 0.361 e. The third kappa shape index (κ3) is 5.84. The average molecular weight is 427 g/mol. The Bertz CT molecular complexity index is 1020. The van der Waals surface area contributed by atoms with E-state index in [1.54, 1.807) is 0 Å². The van der Waals surface area contributed by atoms with Gasteiger partial charge in [-0.25, -0.2) is 0 Å². The van der Waals surface area contributed by atoms with Gasteiger partial charge in [0.1, 0.15) is 11.9 Å². The van der Waals surface area contributed by atoms with Gasteiger partial charge in [-0.2, -0.15) is 0 Å². The van der Waals surface area contributed by atoms with Crippen molar-refractivity contribution in [1.82, 2.24) is 20.9 Å². The lowest BCUT2D eigenvalue weighted by molar-refractivity contribution is -0.129. The minimum atomic E-state index is -0.798. The van der Waals surface area contributed by atoms with Crippen molar-refractivity contribution in [3.05, 3.63) is 71.9 Å². The molecule has 8 heteroatoms. The number of hydrogen-bond acceptors (Lipinski definition) is 3. The molecule has 7 nitrogen and oxygen atoms in total. The fourth-order valence-corrected chi connectivity index (χ4v) is 3.20. The number of benzene rings is 2. The molecule has 0 unspecified atom stereocenters. The molecule has 0 radical (unpaired) electrons. The van der Waals surface area contributed by atoms with Crippen molar-refractivity contribution in [1.29, 1.82) is 0 Å². The number of halogens is 1. The second kappa shape index (κ2) is 10.5. The molecule has 0 aliphatic rings. The van der Waals surface area contributed by atoms with E-state index in [9.17, 15) is 14.4 Å². The van der Waals surface area contributed by atoms with Crippen LogP contribution in [-0.4, -0.2) is 41.2 Å². The van der Waals surface area contributed by atoms with Gasteiger partial charge in [-0.05, 0) is 17.2 Å². The summed E-state index contributed by atoms with van der Waals surface area (Å²) in [6.45, 7) is 0.102. The lowest BCUT2D eigenvalue weighted by Crippen LogP contribution is -2.50. The zero-order chi connectivity index (χ0) is 21.3. The van der Waals surface area contributed by atoms with Gasteiger partial charge in [0.15, 0.2) is 0 Å². The van der Waals surface area contributed by atoms with Gasteiger partial charge >= 0.3 is 0 Å². The summed E-state index contributed by atoms with van der Waals surface area (Å²) in [7, 11) is 0. The molecular weight excluding hydrogens is 404 g/mol. The van der Waals surface area contributed by atoms with E-state index in [0.29, 0.717) is 13.0 Å². The molecule has 4 N–H and O–H groups in total. The first kappa shape index (κ1) is 21.4. The van der Waals surface area contributed by atoms with Crippen molar-refractivity contribution in [3.63, 3.8) is 0 Å². The molecule has 156 valence electrons. The van der Waals surface area contributed by atoms with Gasteiger partial charge in [0.2, 0.25) is 17.7 Å². The predicted molar refractivity (Wildman–Crippen MR) is 116 cm³/mol. The van der Waals surface area contributed by atoms with Crippen molar-refractivity contribution in [2.75, 3.05) is 12.4 Å². The topological polar surface area (TPSA) is 103 Å². The maximum Gasteiger partial charge on any atom is 0.243 e. The first-order valence-electron chi connectivity index (χ1n) is 9.55. The Morgan fingerprint density at radius 3 is 2.43 bits per heavy atom.